The highest BCUT2D eigenvalue weighted by Gasteiger charge is 2.25. The Hall–Kier alpha value is -2.87. The number of aromatic nitrogens is 2. The molecule has 1 atom stereocenters. The first-order valence-corrected chi connectivity index (χ1v) is 9.37. The molecular weight excluding hydrogens is 360 g/mol. The molecule has 0 bridgehead atoms. The van der Waals surface area contributed by atoms with E-state index in [0.29, 0.717) is 19.1 Å². The summed E-state index contributed by atoms with van der Waals surface area (Å²) in [5, 5.41) is 16.6. The van der Waals surface area contributed by atoms with Crippen LogP contribution in [0.4, 0.5) is 0 Å². The van der Waals surface area contributed by atoms with Crippen molar-refractivity contribution in [3.05, 3.63) is 47.3 Å². The molecule has 0 spiro atoms. The number of hydrogen-bond acceptors (Lipinski definition) is 5. The second kappa shape index (κ2) is 8.43. The summed E-state index contributed by atoms with van der Waals surface area (Å²) >= 11 is 0. The molecule has 28 heavy (non-hydrogen) atoms. The Balaban J connectivity index is 1.57. The summed E-state index contributed by atoms with van der Waals surface area (Å²) in [6.45, 7) is 5.33. The molecule has 2 aromatic rings. The van der Waals surface area contributed by atoms with Crippen LogP contribution in [0.15, 0.2) is 30.3 Å². The van der Waals surface area contributed by atoms with E-state index in [4.69, 9.17) is 4.74 Å². The van der Waals surface area contributed by atoms with Crippen molar-refractivity contribution in [1.82, 2.24) is 20.0 Å². The number of nitrogens with one attached hydrogen (secondary N) is 1. The Bertz CT molecular complexity index is 844. The lowest BCUT2D eigenvalue weighted by molar-refractivity contribution is 0.0765. The molecule has 150 valence electrons. The van der Waals surface area contributed by atoms with Gasteiger partial charge in [0.1, 0.15) is 18.1 Å². The number of aliphatic hydroxyl groups is 1. The second-order valence-corrected chi connectivity index (χ2v) is 7.26. The number of carbonyl (C=O) groups excluding carboxylic acids is 2. The molecule has 8 nitrogen and oxygen atoms in total. The normalized spacial score (nSPS) is 16.3. The SMILES string of the molecule is CC(C)c1ccc(OCCN(C)C(=O)c2cc3n(n2)C[C@@H](O)CNC3=O)cc1. The molecule has 0 fully saturated rings. The van der Waals surface area contributed by atoms with Crippen LogP contribution in [-0.4, -0.2) is 64.4 Å². The number of aliphatic hydroxyl groups excluding tert-OH is 1. The van der Waals surface area contributed by atoms with Gasteiger partial charge in [-0.15, -0.1) is 0 Å². The summed E-state index contributed by atoms with van der Waals surface area (Å²) in [4.78, 5) is 26.1. The van der Waals surface area contributed by atoms with E-state index in [9.17, 15) is 14.7 Å². The van der Waals surface area contributed by atoms with E-state index in [2.05, 4.69) is 24.3 Å². The van der Waals surface area contributed by atoms with Crippen molar-refractivity contribution in [3.63, 3.8) is 0 Å². The van der Waals surface area contributed by atoms with Crippen LogP contribution in [-0.2, 0) is 6.54 Å². The minimum absolute atomic E-state index is 0.167. The number of amides is 2. The fourth-order valence-corrected chi connectivity index (χ4v) is 2.95. The number of benzene rings is 1. The van der Waals surface area contributed by atoms with Gasteiger partial charge in [-0.05, 0) is 23.6 Å². The zero-order valence-corrected chi connectivity index (χ0v) is 16.4. The summed E-state index contributed by atoms with van der Waals surface area (Å²) in [7, 11) is 1.66. The highest BCUT2D eigenvalue weighted by Crippen LogP contribution is 2.18. The Labute approximate surface area is 164 Å². The van der Waals surface area contributed by atoms with Gasteiger partial charge in [0.25, 0.3) is 11.8 Å². The first-order valence-electron chi connectivity index (χ1n) is 9.37. The van der Waals surface area contributed by atoms with Crippen molar-refractivity contribution in [2.75, 3.05) is 26.7 Å². The van der Waals surface area contributed by atoms with Crippen LogP contribution in [0.2, 0.25) is 0 Å². The molecule has 8 heteroatoms. The van der Waals surface area contributed by atoms with Crippen molar-refractivity contribution in [2.24, 2.45) is 0 Å². The molecule has 1 aliphatic heterocycles. The average molecular weight is 386 g/mol. The van der Waals surface area contributed by atoms with Gasteiger partial charge in [0.2, 0.25) is 0 Å². The molecule has 3 rings (SSSR count). The Morgan fingerprint density at radius 3 is 2.79 bits per heavy atom. The molecular formula is C20H26N4O4. The lowest BCUT2D eigenvalue weighted by Crippen LogP contribution is -2.32. The quantitative estimate of drug-likeness (QED) is 0.779. The van der Waals surface area contributed by atoms with E-state index in [1.807, 2.05) is 24.3 Å². The maximum absolute atomic E-state index is 12.6. The van der Waals surface area contributed by atoms with Crippen LogP contribution >= 0.6 is 0 Å². The highest BCUT2D eigenvalue weighted by atomic mass is 16.5. The predicted molar refractivity (Wildman–Crippen MR) is 104 cm³/mol. The number of likely N-dealkylation sites (N-methyl/N-ethyl adjacent to an activating group) is 1. The highest BCUT2D eigenvalue weighted by molar-refractivity contribution is 5.98. The van der Waals surface area contributed by atoms with Crippen LogP contribution in [0.5, 0.6) is 5.75 Å². The van der Waals surface area contributed by atoms with Crippen molar-refractivity contribution in [3.8, 4) is 5.75 Å². The topological polar surface area (TPSA) is 96.7 Å². The van der Waals surface area contributed by atoms with Gasteiger partial charge in [-0.3, -0.25) is 14.3 Å². The molecule has 2 N–H and O–H groups in total. The summed E-state index contributed by atoms with van der Waals surface area (Å²) in [5.41, 5.74) is 1.69. The zero-order valence-electron chi connectivity index (χ0n) is 16.4. The average Bonchev–Trinajstić information content (AvgIpc) is 3.04. The summed E-state index contributed by atoms with van der Waals surface area (Å²) in [5.74, 6) is 0.566. The molecule has 2 heterocycles. The largest absolute Gasteiger partial charge is 0.492 e. The first-order chi connectivity index (χ1) is 13.3. The molecule has 0 unspecified atom stereocenters. The van der Waals surface area contributed by atoms with Crippen LogP contribution in [0.1, 0.15) is 46.3 Å². The standard InChI is InChI=1S/C20H26N4O4/c1-13(2)14-4-6-16(7-5-14)28-9-8-23(3)20(27)17-10-18-19(26)21-11-15(25)12-24(18)22-17/h4-7,10,13,15,25H,8-9,11-12H2,1-3H3,(H,21,26)/t15-/m0/s1. The molecule has 1 aromatic carbocycles. The maximum Gasteiger partial charge on any atom is 0.274 e. The van der Waals surface area contributed by atoms with Gasteiger partial charge in [0, 0.05) is 19.7 Å². The van der Waals surface area contributed by atoms with Crippen LogP contribution in [0.3, 0.4) is 0 Å². The van der Waals surface area contributed by atoms with Crippen molar-refractivity contribution < 1.29 is 19.4 Å². The number of rotatable bonds is 6. The van der Waals surface area contributed by atoms with E-state index in [1.54, 1.807) is 7.05 Å². The third-order valence-electron chi connectivity index (χ3n) is 4.70. The Morgan fingerprint density at radius 1 is 1.39 bits per heavy atom. The molecule has 0 saturated carbocycles. The number of hydrogen-bond donors (Lipinski definition) is 2. The number of fused-ring (bicyclic) bond motifs is 1. The third-order valence-corrected chi connectivity index (χ3v) is 4.70. The molecule has 2 amide bonds. The Kier molecular flexibility index (Phi) is 5.99. The van der Waals surface area contributed by atoms with Gasteiger partial charge in [-0.25, -0.2) is 0 Å². The smallest absolute Gasteiger partial charge is 0.274 e. The number of carbonyl (C=O) groups is 2. The van der Waals surface area contributed by atoms with Crippen molar-refractivity contribution in [2.45, 2.75) is 32.4 Å². The van der Waals surface area contributed by atoms with E-state index in [1.165, 1.54) is 21.2 Å². The van der Waals surface area contributed by atoms with E-state index in [0.717, 1.165) is 5.75 Å². The molecule has 1 aromatic heterocycles. The monoisotopic (exact) mass is 386 g/mol. The molecule has 0 aliphatic carbocycles. The third kappa shape index (κ3) is 4.51. The van der Waals surface area contributed by atoms with Crippen LogP contribution in [0, 0.1) is 0 Å². The van der Waals surface area contributed by atoms with Gasteiger partial charge in [-0.1, -0.05) is 26.0 Å². The van der Waals surface area contributed by atoms with E-state index < -0.39 is 6.10 Å². The van der Waals surface area contributed by atoms with Crippen molar-refractivity contribution in [1.29, 1.82) is 0 Å². The van der Waals surface area contributed by atoms with E-state index >= 15 is 0 Å². The van der Waals surface area contributed by atoms with Gasteiger partial charge in [0.15, 0.2) is 5.69 Å². The van der Waals surface area contributed by atoms with Crippen LogP contribution < -0.4 is 10.1 Å². The van der Waals surface area contributed by atoms with Crippen LogP contribution in [0.25, 0.3) is 0 Å². The first kappa shape index (κ1) is 19.9. The Morgan fingerprint density at radius 2 is 2.11 bits per heavy atom. The minimum atomic E-state index is -0.735. The summed E-state index contributed by atoms with van der Waals surface area (Å²) in [6.07, 6.45) is -0.735. The van der Waals surface area contributed by atoms with Gasteiger partial charge < -0.3 is 20.1 Å². The summed E-state index contributed by atoms with van der Waals surface area (Å²) < 4.78 is 7.09. The number of β-amino-alcohol motifs (C(OH)–C–C–N with tert-alkyl or cyclic N) is 1. The van der Waals surface area contributed by atoms with Gasteiger partial charge in [0.05, 0.1) is 19.2 Å². The maximum atomic E-state index is 12.6. The molecule has 0 saturated heterocycles. The fourth-order valence-electron chi connectivity index (χ4n) is 2.95. The molecule has 0 radical (unpaired) electrons. The second-order valence-electron chi connectivity index (χ2n) is 7.26. The zero-order chi connectivity index (χ0) is 20.3. The number of ether oxygens (including phenoxy) is 1. The van der Waals surface area contributed by atoms with Gasteiger partial charge in [-0.2, -0.15) is 5.10 Å². The van der Waals surface area contributed by atoms with Crippen molar-refractivity contribution >= 4 is 11.8 Å². The fraction of sp³-hybridized carbons (Fsp3) is 0.450. The lowest BCUT2D eigenvalue weighted by atomic mass is 10.0. The number of nitrogens with zero attached hydrogens (tertiary/aromatic N) is 3. The molecule has 1 aliphatic rings. The predicted octanol–water partition coefficient (Wildman–Crippen LogP) is 1.26. The lowest BCUT2D eigenvalue weighted by Gasteiger charge is -2.16. The van der Waals surface area contributed by atoms with Gasteiger partial charge >= 0.3 is 0 Å². The van der Waals surface area contributed by atoms with E-state index in [-0.39, 0.29) is 36.3 Å². The summed E-state index contributed by atoms with van der Waals surface area (Å²) in [6, 6.07) is 9.37. The minimum Gasteiger partial charge on any atom is -0.492 e.